The zero-order valence-electron chi connectivity index (χ0n) is 20.4. The summed E-state index contributed by atoms with van der Waals surface area (Å²) in [6, 6.07) is 0. The molecule has 0 amide bonds. The first-order chi connectivity index (χ1) is 14.3. The SMILES string of the molecule is CCCC#Cc1nc2c(=O)n(C)c(=O)n(CC(C)C)c2nc1CO[Si](C)(C)C(C)(C)C. The van der Waals surface area contributed by atoms with Crippen LogP contribution in [0.25, 0.3) is 11.2 Å². The molecule has 170 valence electrons. The molecule has 2 aromatic rings. The van der Waals surface area contributed by atoms with Gasteiger partial charge < -0.3 is 4.43 Å². The van der Waals surface area contributed by atoms with Crippen molar-refractivity contribution in [3.63, 3.8) is 0 Å². The van der Waals surface area contributed by atoms with Gasteiger partial charge in [0.05, 0.1) is 6.61 Å². The van der Waals surface area contributed by atoms with E-state index in [-0.39, 0.29) is 28.8 Å². The van der Waals surface area contributed by atoms with Crippen LogP contribution in [0.3, 0.4) is 0 Å². The molecular weight excluding hydrogens is 408 g/mol. The van der Waals surface area contributed by atoms with Crippen molar-refractivity contribution in [3.8, 4) is 11.8 Å². The molecule has 31 heavy (non-hydrogen) atoms. The lowest BCUT2D eigenvalue weighted by molar-refractivity contribution is 0.271. The van der Waals surface area contributed by atoms with Crippen LogP contribution in [-0.4, -0.2) is 27.4 Å². The van der Waals surface area contributed by atoms with Crippen molar-refractivity contribution < 1.29 is 4.43 Å². The van der Waals surface area contributed by atoms with E-state index >= 15 is 0 Å². The van der Waals surface area contributed by atoms with E-state index in [9.17, 15) is 9.59 Å². The van der Waals surface area contributed by atoms with E-state index in [1.54, 1.807) is 0 Å². The predicted molar refractivity (Wildman–Crippen MR) is 128 cm³/mol. The zero-order chi connectivity index (χ0) is 23.6. The summed E-state index contributed by atoms with van der Waals surface area (Å²) in [6.07, 6.45) is 1.66. The fraction of sp³-hybridized carbons (Fsp3) is 0.652. The van der Waals surface area contributed by atoms with Gasteiger partial charge in [0.1, 0.15) is 11.4 Å². The van der Waals surface area contributed by atoms with Gasteiger partial charge in [0.2, 0.25) is 0 Å². The summed E-state index contributed by atoms with van der Waals surface area (Å²) in [5.41, 5.74) is 0.651. The van der Waals surface area contributed by atoms with Crippen LogP contribution >= 0.6 is 0 Å². The van der Waals surface area contributed by atoms with Gasteiger partial charge in [-0.05, 0) is 36.4 Å². The van der Waals surface area contributed by atoms with Crippen molar-refractivity contribution in [1.82, 2.24) is 19.1 Å². The van der Waals surface area contributed by atoms with Gasteiger partial charge in [0.15, 0.2) is 19.5 Å². The van der Waals surface area contributed by atoms with E-state index in [2.05, 4.69) is 57.6 Å². The van der Waals surface area contributed by atoms with Crippen LogP contribution < -0.4 is 11.2 Å². The van der Waals surface area contributed by atoms with E-state index in [4.69, 9.17) is 9.41 Å². The molecule has 7 nitrogen and oxygen atoms in total. The largest absolute Gasteiger partial charge is 0.411 e. The van der Waals surface area contributed by atoms with E-state index in [0.29, 0.717) is 23.6 Å². The maximum Gasteiger partial charge on any atom is 0.332 e. The summed E-state index contributed by atoms with van der Waals surface area (Å²) in [5, 5.41) is 0.0427. The highest BCUT2D eigenvalue weighted by Gasteiger charge is 2.37. The van der Waals surface area contributed by atoms with Crippen molar-refractivity contribution in [2.24, 2.45) is 13.0 Å². The molecule has 0 fully saturated rings. The molecule has 0 spiro atoms. The third-order valence-electron chi connectivity index (χ3n) is 5.74. The van der Waals surface area contributed by atoms with Crippen molar-refractivity contribution in [1.29, 1.82) is 0 Å². The maximum atomic E-state index is 12.8. The molecule has 0 aliphatic heterocycles. The van der Waals surface area contributed by atoms with Crippen LogP contribution in [0, 0.1) is 17.8 Å². The van der Waals surface area contributed by atoms with Gasteiger partial charge in [0.25, 0.3) is 5.56 Å². The minimum absolute atomic E-state index is 0.0427. The smallest absolute Gasteiger partial charge is 0.332 e. The van der Waals surface area contributed by atoms with E-state index in [1.165, 1.54) is 11.6 Å². The summed E-state index contributed by atoms with van der Waals surface area (Å²) in [7, 11) is -0.565. The average Bonchev–Trinajstić information content (AvgIpc) is 2.67. The first-order valence-corrected chi connectivity index (χ1v) is 13.8. The van der Waals surface area contributed by atoms with Gasteiger partial charge in [-0.3, -0.25) is 13.9 Å². The Morgan fingerprint density at radius 1 is 1.16 bits per heavy atom. The van der Waals surface area contributed by atoms with Gasteiger partial charge >= 0.3 is 5.69 Å². The molecule has 0 aliphatic rings. The molecule has 0 aromatic carbocycles. The molecule has 0 saturated carbocycles. The summed E-state index contributed by atoms with van der Waals surface area (Å²) >= 11 is 0. The van der Waals surface area contributed by atoms with Crippen LogP contribution in [0.1, 0.15) is 65.8 Å². The third-order valence-corrected chi connectivity index (χ3v) is 10.2. The predicted octanol–water partition coefficient (Wildman–Crippen LogP) is 3.82. The van der Waals surface area contributed by atoms with Crippen LogP contribution in [0.2, 0.25) is 18.1 Å². The Hall–Kier alpha value is -2.24. The molecule has 0 atom stereocenters. The molecule has 2 rings (SSSR count). The molecule has 0 bridgehead atoms. The van der Waals surface area contributed by atoms with Gasteiger partial charge in [-0.1, -0.05) is 47.5 Å². The molecule has 2 aromatic heterocycles. The highest BCUT2D eigenvalue weighted by atomic mass is 28.4. The second-order valence-electron chi connectivity index (χ2n) is 9.94. The summed E-state index contributed by atoms with van der Waals surface area (Å²) in [6.45, 7) is 17.7. The van der Waals surface area contributed by atoms with Crippen molar-refractivity contribution in [2.45, 2.75) is 85.7 Å². The topological polar surface area (TPSA) is 79.0 Å². The quantitative estimate of drug-likeness (QED) is 0.500. The van der Waals surface area contributed by atoms with Gasteiger partial charge in [0, 0.05) is 20.0 Å². The van der Waals surface area contributed by atoms with E-state index < -0.39 is 13.9 Å². The number of aromatic nitrogens is 4. The number of unbranched alkanes of at least 4 members (excludes halogenated alkanes) is 1. The minimum Gasteiger partial charge on any atom is -0.411 e. The summed E-state index contributed by atoms with van der Waals surface area (Å²) < 4.78 is 9.01. The fourth-order valence-corrected chi connectivity index (χ4v) is 3.71. The highest BCUT2D eigenvalue weighted by Crippen LogP contribution is 2.37. The van der Waals surface area contributed by atoms with Crippen LogP contribution in [0.5, 0.6) is 0 Å². The average molecular weight is 445 g/mol. The van der Waals surface area contributed by atoms with Crippen LogP contribution in [0.4, 0.5) is 0 Å². The van der Waals surface area contributed by atoms with Crippen LogP contribution in [-0.2, 0) is 24.6 Å². The molecule has 0 saturated heterocycles. The van der Waals surface area contributed by atoms with Gasteiger partial charge in [-0.2, -0.15) is 0 Å². The van der Waals surface area contributed by atoms with Crippen LogP contribution in [0.15, 0.2) is 9.59 Å². The first-order valence-electron chi connectivity index (χ1n) is 10.9. The summed E-state index contributed by atoms with van der Waals surface area (Å²) in [4.78, 5) is 34.9. The fourth-order valence-electron chi connectivity index (χ4n) is 2.78. The molecular formula is C23H36N4O3Si. The molecule has 0 unspecified atom stereocenters. The second kappa shape index (κ2) is 9.49. The van der Waals surface area contributed by atoms with E-state index in [0.717, 1.165) is 17.4 Å². The zero-order valence-corrected chi connectivity index (χ0v) is 21.4. The number of fused-ring (bicyclic) bond motifs is 1. The van der Waals surface area contributed by atoms with Gasteiger partial charge in [-0.15, -0.1) is 0 Å². The minimum atomic E-state index is -2.04. The Kier molecular flexibility index (Phi) is 7.66. The Bertz CT molecular complexity index is 1130. The Balaban J connectivity index is 2.74. The normalized spacial score (nSPS) is 12.3. The Morgan fingerprint density at radius 3 is 2.35 bits per heavy atom. The lowest BCUT2D eigenvalue weighted by Crippen LogP contribution is -2.41. The number of hydrogen-bond donors (Lipinski definition) is 0. The van der Waals surface area contributed by atoms with Crippen molar-refractivity contribution >= 4 is 19.5 Å². The maximum absolute atomic E-state index is 12.8. The molecule has 0 N–H and O–H groups in total. The highest BCUT2D eigenvalue weighted by molar-refractivity contribution is 6.74. The van der Waals surface area contributed by atoms with Crippen molar-refractivity contribution in [3.05, 3.63) is 32.2 Å². The Morgan fingerprint density at radius 2 is 1.81 bits per heavy atom. The lowest BCUT2D eigenvalue weighted by atomic mass is 10.2. The third kappa shape index (κ3) is 5.52. The van der Waals surface area contributed by atoms with E-state index in [1.807, 2.05) is 13.8 Å². The lowest BCUT2D eigenvalue weighted by Gasteiger charge is -2.36. The second-order valence-corrected chi connectivity index (χ2v) is 14.8. The molecule has 2 heterocycles. The number of rotatable bonds is 6. The number of nitrogens with zero attached hydrogens (tertiary/aromatic N) is 4. The number of hydrogen-bond acceptors (Lipinski definition) is 5. The standard InChI is InChI=1S/C23H36N4O3Si/c1-10-11-12-13-17-18(15-30-31(8,9)23(4,5)6)25-20-19(24-17)21(28)26(7)22(29)27(20)14-16(2)3/h16H,10-11,14-15H2,1-9H3. The monoisotopic (exact) mass is 444 g/mol. The van der Waals surface area contributed by atoms with Gasteiger partial charge in [-0.25, -0.2) is 14.8 Å². The molecule has 8 heteroatoms. The Labute approximate surface area is 186 Å². The molecule has 0 radical (unpaired) electrons. The molecule has 0 aliphatic carbocycles. The first kappa shape index (κ1) is 25.0. The van der Waals surface area contributed by atoms with Crippen molar-refractivity contribution in [2.75, 3.05) is 0 Å². The summed E-state index contributed by atoms with van der Waals surface area (Å²) in [5.74, 6) is 6.39.